The summed E-state index contributed by atoms with van der Waals surface area (Å²) in [5.74, 6) is 1.27. The molecule has 0 aliphatic carbocycles. The first kappa shape index (κ1) is 18.2. The molecule has 0 saturated carbocycles. The van der Waals surface area contributed by atoms with E-state index in [2.05, 4.69) is 26.2 Å². The van der Waals surface area contributed by atoms with E-state index in [0.717, 1.165) is 21.1 Å². The summed E-state index contributed by atoms with van der Waals surface area (Å²) < 4.78 is 12.2. The Balaban J connectivity index is 1.36. The number of hydrogen-bond donors (Lipinski definition) is 1. The van der Waals surface area contributed by atoms with E-state index in [1.165, 1.54) is 0 Å². The second-order valence-electron chi connectivity index (χ2n) is 5.63. The minimum absolute atomic E-state index is 0.00423. The Labute approximate surface area is 160 Å². The molecule has 2 aromatic carbocycles. The van der Waals surface area contributed by atoms with Crippen molar-refractivity contribution in [3.05, 3.63) is 65.3 Å². The van der Waals surface area contributed by atoms with Gasteiger partial charge in [0, 0.05) is 22.6 Å². The SMILES string of the molecule is O=C(COc1ccc(Br)cc1)NCCCOc1cccc2cccnc12. The molecule has 0 aliphatic rings. The molecule has 134 valence electrons. The number of nitrogens with zero attached hydrogens (tertiary/aromatic N) is 1. The first-order chi connectivity index (χ1) is 12.7. The van der Waals surface area contributed by atoms with Crippen molar-refractivity contribution in [1.82, 2.24) is 10.3 Å². The molecule has 3 aromatic rings. The van der Waals surface area contributed by atoms with E-state index in [-0.39, 0.29) is 12.5 Å². The Morgan fingerprint density at radius 1 is 1.04 bits per heavy atom. The van der Waals surface area contributed by atoms with E-state index < -0.39 is 0 Å². The fourth-order valence-corrected chi connectivity index (χ4v) is 2.67. The molecule has 6 heteroatoms. The number of fused-ring (bicyclic) bond motifs is 1. The van der Waals surface area contributed by atoms with Gasteiger partial charge in [0.1, 0.15) is 17.0 Å². The third-order valence-corrected chi connectivity index (χ3v) is 4.21. The molecule has 1 N–H and O–H groups in total. The number of halogens is 1. The van der Waals surface area contributed by atoms with Crippen LogP contribution in [0.1, 0.15) is 6.42 Å². The lowest BCUT2D eigenvalue weighted by Gasteiger charge is -2.10. The molecule has 0 atom stereocenters. The van der Waals surface area contributed by atoms with Crippen LogP contribution in [0.3, 0.4) is 0 Å². The highest BCUT2D eigenvalue weighted by Crippen LogP contribution is 2.22. The Hall–Kier alpha value is -2.60. The predicted molar refractivity (Wildman–Crippen MR) is 105 cm³/mol. The zero-order valence-electron chi connectivity index (χ0n) is 14.2. The summed E-state index contributed by atoms with van der Waals surface area (Å²) in [7, 11) is 0. The first-order valence-corrected chi connectivity index (χ1v) is 9.13. The van der Waals surface area contributed by atoms with E-state index in [9.17, 15) is 4.79 Å². The van der Waals surface area contributed by atoms with Crippen LogP contribution >= 0.6 is 15.9 Å². The lowest BCUT2D eigenvalue weighted by molar-refractivity contribution is -0.123. The Kier molecular flexibility index (Phi) is 6.44. The zero-order chi connectivity index (χ0) is 18.2. The number of benzene rings is 2. The molecule has 0 unspecified atom stereocenters. The van der Waals surface area contributed by atoms with Gasteiger partial charge < -0.3 is 14.8 Å². The van der Waals surface area contributed by atoms with Gasteiger partial charge in [-0.1, -0.05) is 34.1 Å². The molecule has 0 spiro atoms. The number of pyridine rings is 1. The number of hydrogen-bond acceptors (Lipinski definition) is 4. The number of carbonyl (C=O) groups is 1. The monoisotopic (exact) mass is 414 g/mol. The van der Waals surface area contributed by atoms with Gasteiger partial charge >= 0.3 is 0 Å². The summed E-state index contributed by atoms with van der Waals surface area (Å²) in [6.45, 7) is 1.03. The highest BCUT2D eigenvalue weighted by atomic mass is 79.9. The van der Waals surface area contributed by atoms with Crippen LogP contribution in [0.5, 0.6) is 11.5 Å². The van der Waals surface area contributed by atoms with Crippen LogP contribution in [0.4, 0.5) is 0 Å². The Morgan fingerprint density at radius 3 is 2.69 bits per heavy atom. The predicted octanol–water partition coefficient (Wildman–Crippen LogP) is 3.96. The Morgan fingerprint density at radius 2 is 1.85 bits per heavy atom. The lowest BCUT2D eigenvalue weighted by atomic mass is 10.2. The van der Waals surface area contributed by atoms with Gasteiger partial charge in [-0.25, -0.2) is 0 Å². The van der Waals surface area contributed by atoms with Crippen LogP contribution in [-0.4, -0.2) is 30.6 Å². The van der Waals surface area contributed by atoms with Crippen LogP contribution in [-0.2, 0) is 4.79 Å². The van der Waals surface area contributed by atoms with Gasteiger partial charge in [0.05, 0.1) is 6.61 Å². The first-order valence-electron chi connectivity index (χ1n) is 8.34. The molecule has 0 aliphatic heterocycles. The van der Waals surface area contributed by atoms with E-state index in [4.69, 9.17) is 9.47 Å². The van der Waals surface area contributed by atoms with Gasteiger partial charge in [-0.05, 0) is 42.8 Å². The van der Waals surface area contributed by atoms with E-state index >= 15 is 0 Å². The minimum atomic E-state index is -0.153. The van der Waals surface area contributed by atoms with Crippen molar-refractivity contribution >= 4 is 32.7 Å². The average Bonchev–Trinajstić information content (AvgIpc) is 2.67. The van der Waals surface area contributed by atoms with Gasteiger partial charge in [-0.2, -0.15) is 0 Å². The molecule has 5 nitrogen and oxygen atoms in total. The van der Waals surface area contributed by atoms with Crippen molar-refractivity contribution in [3.8, 4) is 11.5 Å². The van der Waals surface area contributed by atoms with Gasteiger partial charge in [-0.3, -0.25) is 9.78 Å². The zero-order valence-corrected chi connectivity index (χ0v) is 15.7. The number of carbonyl (C=O) groups excluding carboxylic acids is 1. The van der Waals surface area contributed by atoms with Gasteiger partial charge in [0.15, 0.2) is 6.61 Å². The quantitative estimate of drug-likeness (QED) is 0.566. The third kappa shape index (κ3) is 5.20. The summed E-state index contributed by atoms with van der Waals surface area (Å²) in [6, 6.07) is 17.1. The largest absolute Gasteiger partial charge is 0.491 e. The Bertz CT molecular complexity index is 863. The standard InChI is InChI=1S/C20H19BrN2O3/c21-16-7-9-17(10-8-16)26-14-19(24)22-12-3-13-25-18-6-1-4-15-5-2-11-23-20(15)18/h1-2,4-11H,3,12-14H2,(H,22,24). The molecule has 0 saturated heterocycles. The maximum absolute atomic E-state index is 11.8. The maximum atomic E-state index is 11.8. The highest BCUT2D eigenvalue weighted by molar-refractivity contribution is 9.10. The smallest absolute Gasteiger partial charge is 0.257 e. The summed E-state index contributed by atoms with van der Waals surface area (Å²) in [4.78, 5) is 16.1. The second kappa shape index (κ2) is 9.20. The van der Waals surface area contributed by atoms with Crippen molar-refractivity contribution in [1.29, 1.82) is 0 Å². The molecular formula is C20H19BrN2O3. The summed E-state index contributed by atoms with van der Waals surface area (Å²) in [6.07, 6.45) is 2.45. The topological polar surface area (TPSA) is 60.5 Å². The number of nitrogens with one attached hydrogen (secondary N) is 1. The summed E-state index contributed by atoms with van der Waals surface area (Å²) >= 11 is 3.35. The fraction of sp³-hybridized carbons (Fsp3) is 0.200. The molecule has 0 bridgehead atoms. The van der Waals surface area contributed by atoms with Crippen molar-refractivity contribution in [2.75, 3.05) is 19.8 Å². The molecular weight excluding hydrogens is 396 g/mol. The third-order valence-electron chi connectivity index (χ3n) is 3.68. The molecule has 1 aromatic heterocycles. The molecule has 0 radical (unpaired) electrons. The van der Waals surface area contributed by atoms with Crippen molar-refractivity contribution in [2.24, 2.45) is 0 Å². The van der Waals surface area contributed by atoms with E-state index in [0.29, 0.717) is 25.3 Å². The molecule has 0 fully saturated rings. The second-order valence-corrected chi connectivity index (χ2v) is 6.54. The summed E-state index contributed by atoms with van der Waals surface area (Å²) in [5.41, 5.74) is 0.849. The molecule has 3 rings (SSSR count). The van der Waals surface area contributed by atoms with Crippen LogP contribution in [0.15, 0.2) is 65.3 Å². The number of ether oxygens (including phenoxy) is 2. The van der Waals surface area contributed by atoms with Crippen LogP contribution in [0.2, 0.25) is 0 Å². The molecule has 26 heavy (non-hydrogen) atoms. The van der Waals surface area contributed by atoms with Gasteiger partial charge in [0.2, 0.25) is 0 Å². The maximum Gasteiger partial charge on any atom is 0.257 e. The minimum Gasteiger partial charge on any atom is -0.491 e. The van der Waals surface area contributed by atoms with Gasteiger partial charge in [0.25, 0.3) is 5.91 Å². The number of rotatable bonds is 8. The van der Waals surface area contributed by atoms with Crippen LogP contribution in [0, 0.1) is 0 Å². The van der Waals surface area contributed by atoms with Crippen molar-refractivity contribution in [3.63, 3.8) is 0 Å². The fourth-order valence-electron chi connectivity index (χ4n) is 2.41. The highest BCUT2D eigenvalue weighted by Gasteiger charge is 2.04. The van der Waals surface area contributed by atoms with Crippen molar-refractivity contribution < 1.29 is 14.3 Å². The summed E-state index contributed by atoms with van der Waals surface area (Å²) in [5, 5.41) is 3.86. The average molecular weight is 415 g/mol. The van der Waals surface area contributed by atoms with Gasteiger partial charge in [-0.15, -0.1) is 0 Å². The number of amides is 1. The number of aromatic nitrogens is 1. The van der Waals surface area contributed by atoms with Crippen molar-refractivity contribution in [2.45, 2.75) is 6.42 Å². The lowest BCUT2D eigenvalue weighted by Crippen LogP contribution is -2.30. The normalized spacial score (nSPS) is 10.5. The number of para-hydroxylation sites is 1. The van der Waals surface area contributed by atoms with E-state index in [1.807, 2.05) is 54.6 Å². The van der Waals surface area contributed by atoms with E-state index in [1.54, 1.807) is 6.20 Å². The molecule has 1 amide bonds. The van der Waals surface area contributed by atoms with Crippen LogP contribution in [0.25, 0.3) is 10.9 Å². The molecule has 1 heterocycles. The van der Waals surface area contributed by atoms with Crippen LogP contribution < -0.4 is 14.8 Å².